The van der Waals surface area contributed by atoms with Crippen LogP contribution in [0.2, 0.25) is 0 Å². The van der Waals surface area contributed by atoms with Gasteiger partial charge in [0.25, 0.3) is 0 Å². The quantitative estimate of drug-likeness (QED) is 0.737. The van der Waals surface area contributed by atoms with Crippen LogP contribution in [-0.4, -0.2) is 66.2 Å². The first kappa shape index (κ1) is 22.3. The van der Waals surface area contributed by atoms with Gasteiger partial charge >= 0.3 is 0 Å². The Kier molecular flexibility index (Phi) is 9.70. The number of rotatable bonds is 5. The van der Waals surface area contributed by atoms with Gasteiger partial charge in [-0.25, -0.2) is 0 Å². The number of carbonyl (C=O) groups excluding carboxylic acids is 1. The maximum Gasteiger partial charge on any atom is 0.249 e. The fourth-order valence-electron chi connectivity index (χ4n) is 4.11. The van der Waals surface area contributed by atoms with Crippen molar-refractivity contribution in [3.63, 3.8) is 0 Å². The predicted octanol–water partition coefficient (Wildman–Crippen LogP) is 1.81. The molecular formula is C16H31Cl2N3O2S. The minimum atomic E-state index is -0.288. The molecule has 0 aromatic carbocycles. The van der Waals surface area contributed by atoms with E-state index < -0.39 is 0 Å². The van der Waals surface area contributed by atoms with E-state index in [1.807, 2.05) is 11.8 Å². The van der Waals surface area contributed by atoms with E-state index in [4.69, 9.17) is 10.5 Å². The maximum atomic E-state index is 12.4. The Labute approximate surface area is 162 Å². The Morgan fingerprint density at radius 1 is 1.21 bits per heavy atom. The third kappa shape index (κ3) is 5.15. The van der Waals surface area contributed by atoms with E-state index in [-0.39, 0.29) is 48.5 Å². The molecule has 2 saturated heterocycles. The highest BCUT2D eigenvalue weighted by Gasteiger charge is 2.41. The van der Waals surface area contributed by atoms with Crippen molar-refractivity contribution < 1.29 is 9.53 Å². The molecule has 3 N–H and O–H groups in total. The summed E-state index contributed by atoms with van der Waals surface area (Å²) >= 11 is 2.04. The summed E-state index contributed by atoms with van der Waals surface area (Å²) in [5.41, 5.74) is 5.82. The number of carbonyl (C=O) groups is 1. The summed E-state index contributed by atoms with van der Waals surface area (Å²) in [4.78, 5) is 15.0. The molecule has 0 aromatic heterocycles. The van der Waals surface area contributed by atoms with Crippen LogP contribution in [0.25, 0.3) is 0 Å². The third-order valence-electron chi connectivity index (χ3n) is 5.47. The normalized spacial score (nSPS) is 29.5. The van der Waals surface area contributed by atoms with E-state index in [1.165, 1.54) is 37.2 Å². The van der Waals surface area contributed by atoms with Crippen LogP contribution in [0.1, 0.15) is 38.5 Å². The van der Waals surface area contributed by atoms with Crippen LogP contribution in [0.15, 0.2) is 0 Å². The standard InChI is InChI=1S/C16H29N3O2S.2ClH/c17-11-13-3-4-14(21-13)15(20)18-12-16(5-1-2-6-16)19-7-9-22-10-8-19;;/h13-14H,1-12,17H2,(H,18,20);2*1H/t13-,14+;;/m1../s1. The van der Waals surface area contributed by atoms with Crippen molar-refractivity contribution in [1.29, 1.82) is 0 Å². The van der Waals surface area contributed by atoms with Crippen LogP contribution in [0.4, 0.5) is 0 Å². The van der Waals surface area contributed by atoms with E-state index in [2.05, 4.69) is 10.2 Å². The molecule has 0 radical (unpaired) electrons. The third-order valence-corrected chi connectivity index (χ3v) is 6.41. The highest BCUT2D eigenvalue weighted by Crippen LogP contribution is 2.36. The summed E-state index contributed by atoms with van der Waals surface area (Å²) in [6.45, 7) is 3.62. The van der Waals surface area contributed by atoms with Gasteiger partial charge in [0.2, 0.25) is 5.91 Å². The van der Waals surface area contributed by atoms with E-state index >= 15 is 0 Å². The topological polar surface area (TPSA) is 67.6 Å². The Bertz CT molecular complexity index is 392. The first-order valence-electron chi connectivity index (χ1n) is 8.69. The van der Waals surface area contributed by atoms with Crippen LogP contribution >= 0.6 is 36.6 Å². The van der Waals surface area contributed by atoms with Crippen molar-refractivity contribution in [3.05, 3.63) is 0 Å². The molecule has 0 unspecified atom stereocenters. The number of nitrogens with two attached hydrogens (primary N) is 1. The SMILES string of the molecule is Cl.Cl.NC[C@H]1CC[C@@H](C(=O)NCC2(N3CCSCC3)CCCC2)O1. The van der Waals surface area contributed by atoms with Gasteiger partial charge in [0.05, 0.1) is 6.10 Å². The monoisotopic (exact) mass is 399 g/mol. The average molecular weight is 400 g/mol. The average Bonchev–Trinajstić information content (AvgIpc) is 3.23. The van der Waals surface area contributed by atoms with Crippen LogP contribution in [0.3, 0.4) is 0 Å². The number of ether oxygens (including phenoxy) is 1. The zero-order valence-electron chi connectivity index (χ0n) is 14.2. The summed E-state index contributed by atoms with van der Waals surface area (Å²) < 4.78 is 5.71. The number of nitrogens with one attached hydrogen (secondary N) is 1. The van der Waals surface area contributed by atoms with Gasteiger partial charge in [-0.1, -0.05) is 12.8 Å². The van der Waals surface area contributed by atoms with E-state index in [0.29, 0.717) is 6.54 Å². The Morgan fingerprint density at radius 2 is 1.88 bits per heavy atom. The Morgan fingerprint density at radius 3 is 2.46 bits per heavy atom. The first-order chi connectivity index (χ1) is 10.7. The molecule has 3 aliphatic rings. The molecule has 2 heterocycles. The molecule has 142 valence electrons. The molecule has 3 fully saturated rings. The lowest BCUT2D eigenvalue weighted by atomic mass is 9.94. The van der Waals surface area contributed by atoms with Gasteiger partial charge in [-0.2, -0.15) is 11.8 Å². The molecule has 5 nitrogen and oxygen atoms in total. The summed E-state index contributed by atoms with van der Waals surface area (Å²) in [5.74, 6) is 2.51. The molecule has 0 bridgehead atoms. The predicted molar refractivity (Wildman–Crippen MR) is 105 cm³/mol. The molecule has 1 amide bonds. The van der Waals surface area contributed by atoms with Crippen molar-refractivity contribution in [2.24, 2.45) is 5.73 Å². The number of amides is 1. The molecule has 8 heteroatoms. The molecule has 0 spiro atoms. The van der Waals surface area contributed by atoms with Gasteiger partial charge in [-0.05, 0) is 25.7 Å². The van der Waals surface area contributed by atoms with Gasteiger partial charge in [0.1, 0.15) is 6.10 Å². The highest BCUT2D eigenvalue weighted by atomic mass is 35.5. The van der Waals surface area contributed by atoms with Crippen LogP contribution in [0.5, 0.6) is 0 Å². The van der Waals surface area contributed by atoms with Crippen molar-refractivity contribution >= 4 is 42.5 Å². The van der Waals surface area contributed by atoms with Crippen LogP contribution in [0, 0.1) is 0 Å². The molecular weight excluding hydrogens is 369 g/mol. The fraction of sp³-hybridized carbons (Fsp3) is 0.938. The van der Waals surface area contributed by atoms with Gasteiger partial charge in [-0.15, -0.1) is 24.8 Å². The smallest absolute Gasteiger partial charge is 0.249 e. The first-order valence-corrected chi connectivity index (χ1v) is 9.85. The molecule has 3 rings (SSSR count). The van der Waals surface area contributed by atoms with Crippen LogP contribution in [-0.2, 0) is 9.53 Å². The zero-order valence-corrected chi connectivity index (χ0v) is 16.7. The lowest BCUT2D eigenvalue weighted by Crippen LogP contribution is -2.57. The number of hydrogen-bond donors (Lipinski definition) is 2. The zero-order chi connectivity index (χ0) is 15.4. The number of halogens is 2. The second-order valence-electron chi connectivity index (χ2n) is 6.81. The van der Waals surface area contributed by atoms with Gasteiger partial charge in [0, 0.05) is 43.2 Å². The van der Waals surface area contributed by atoms with Gasteiger partial charge in [-0.3, -0.25) is 9.69 Å². The number of hydrogen-bond acceptors (Lipinski definition) is 5. The van der Waals surface area contributed by atoms with Crippen LogP contribution < -0.4 is 11.1 Å². The largest absolute Gasteiger partial charge is 0.364 e. The molecule has 1 aliphatic carbocycles. The molecule has 0 aromatic rings. The maximum absolute atomic E-state index is 12.4. The van der Waals surface area contributed by atoms with E-state index in [1.54, 1.807) is 0 Å². The number of thioether (sulfide) groups is 1. The summed E-state index contributed by atoms with van der Waals surface area (Å²) in [5, 5.41) is 3.20. The summed E-state index contributed by atoms with van der Waals surface area (Å²) in [7, 11) is 0. The second kappa shape index (κ2) is 10.4. The number of nitrogens with zero attached hydrogens (tertiary/aromatic N) is 1. The van der Waals surface area contributed by atoms with E-state index in [9.17, 15) is 4.79 Å². The molecule has 1 saturated carbocycles. The molecule has 24 heavy (non-hydrogen) atoms. The lowest BCUT2D eigenvalue weighted by molar-refractivity contribution is -0.132. The Hall–Kier alpha value is 0.280. The van der Waals surface area contributed by atoms with Crippen molar-refractivity contribution in [2.45, 2.75) is 56.3 Å². The van der Waals surface area contributed by atoms with Crippen molar-refractivity contribution in [1.82, 2.24) is 10.2 Å². The highest BCUT2D eigenvalue weighted by molar-refractivity contribution is 7.99. The minimum Gasteiger partial charge on any atom is -0.364 e. The lowest BCUT2D eigenvalue weighted by Gasteiger charge is -2.43. The summed E-state index contributed by atoms with van der Waals surface area (Å²) in [6, 6.07) is 0. The second-order valence-corrected chi connectivity index (χ2v) is 8.03. The van der Waals surface area contributed by atoms with E-state index in [0.717, 1.165) is 32.5 Å². The minimum absolute atomic E-state index is 0. The molecule has 2 aliphatic heterocycles. The fourth-order valence-corrected chi connectivity index (χ4v) is 5.02. The van der Waals surface area contributed by atoms with Gasteiger partial charge in [0.15, 0.2) is 0 Å². The summed E-state index contributed by atoms with van der Waals surface area (Å²) in [6.07, 6.45) is 6.50. The Balaban J connectivity index is 0.00000144. The van der Waals surface area contributed by atoms with Crippen molar-refractivity contribution in [2.75, 3.05) is 37.7 Å². The van der Waals surface area contributed by atoms with Gasteiger partial charge < -0.3 is 15.8 Å². The van der Waals surface area contributed by atoms with Crippen molar-refractivity contribution in [3.8, 4) is 0 Å². The molecule has 2 atom stereocenters.